The molecule has 0 heterocycles. The van der Waals surface area contributed by atoms with Crippen LogP contribution in [0.2, 0.25) is 0 Å². The molecule has 1 atom stereocenters. The zero-order valence-electron chi connectivity index (χ0n) is 10.1. The molecule has 0 radical (unpaired) electrons. The third kappa shape index (κ3) is 2.17. The minimum absolute atomic E-state index is 0.229. The Balaban J connectivity index is 2.24. The zero-order chi connectivity index (χ0) is 11.7. The summed E-state index contributed by atoms with van der Waals surface area (Å²) in [6, 6.07) is 6.24. The van der Waals surface area contributed by atoms with Crippen LogP contribution < -0.4 is 0 Å². The van der Waals surface area contributed by atoms with E-state index in [4.69, 9.17) is 0 Å². The standard InChI is InChI=1S/C14H18OS/c1-9(2)6-11-7-10-8-12(16-3)4-5-13(10)14(11)15/h4-5,8-9,11H,6-7H2,1-3H3. The number of hydrogen-bond acceptors (Lipinski definition) is 2. The number of Topliss-reactive ketones (excluding diaryl/α,β-unsaturated/α-hetero) is 1. The molecule has 1 aromatic carbocycles. The molecule has 0 aliphatic heterocycles. The van der Waals surface area contributed by atoms with Crippen LogP contribution in [0.4, 0.5) is 0 Å². The highest BCUT2D eigenvalue weighted by molar-refractivity contribution is 7.98. The molecule has 0 N–H and O–H groups in total. The Labute approximate surface area is 102 Å². The lowest BCUT2D eigenvalue weighted by atomic mass is 9.94. The molecule has 1 aromatic rings. The largest absolute Gasteiger partial charge is 0.294 e. The zero-order valence-corrected chi connectivity index (χ0v) is 10.9. The van der Waals surface area contributed by atoms with Gasteiger partial charge in [0, 0.05) is 16.4 Å². The molecule has 86 valence electrons. The summed E-state index contributed by atoms with van der Waals surface area (Å²) >= 11 is 1.74. The van der Waals surface area contributed by atoms with Crippen molar-refractivity contribution in [2.24, 2.45) is 11.8 Å². The van der Waals surface area contributed by atoms with Gasteiger partial charge >= 0.3 is 0 Å². The first-order valence-electron chi connectivity index (χ1n) is 5.83. The van der Waals surface area contributed by atoms with Gasteiger partial charge in [-0.1, -0.05) is 19.9 Å². The van der Waals surface area contributed by atoms with Gasteiger partial charge in [0.1, 0.15) is 0 Å². The molecule has 0 fully saturated rings. The molecule has 1 aliphatic carbocycles. The Bertz CT molecular complexity index is 409. The van der Waals surface area contributed by atoms with Gasteiger partial charge in [-0.15, -0.1) is 11.8 Å². The highest BCUT2D eigenvalue weighted by Crippen LogP contribution is 2.33. The van der Waals surface area contributed by atoms with Gasteiger partial charge in [-0.3, -0.25) is 4.79 Å². The highest BCUT2D eigenvalue weighted by atomic mass is 32.2. The van der Waals surface area contributed by atoms with E-state index in [9.17, 15) is 4.79 Å². The van der Waals surface area contributed by atoms with Crippen molar-refractivity contribution < 1.29 is 4.79 Å². The first-order valence-corrected chi connectivity index (χ1v) is 7.05. The van der Waals surface area contributed by atoms with Gasteiger partial charge in [0.2, 0.25) is 0 Å². The monoisotopic (exact) mass is 234 g/mol. The number of benzene rings is 1. The first-order chi connectivity index (χ1) is 7.61. The van der Waals surface area contributed by atoms with E-state index in [1.165, 1.54) is 10.5 Å². The van der Waals surface area contributed by atoms with Gasteiger partial charge < -0.3 is 0 Å². The van der Waals surface area contributed by atoms with Crippen molar-refractivity contribution in [3.8, 4) is 0 Å². The average Bonchev–Trinajstić information content (AvgIpc) is 2.54. The van der Waals surface area contributed by atoms with Crippen molar-refractivity contribution in [1.29, 1.82) is 0 Å². The van der Waals surface area contributed by atoms with Gasteiger partial charge in [-0.25, -0.2) is 0 Å². The lowest BCUT2D eigenvalue weighted by molar-refractivity contribution is 0.0922. The van der Waals surface area contributed by atoms with Crippen LogP contribution in [0.3, 0.4) is 0 Å². The van der Waals surface area contributed by atoms with E-state index in [1.807, 2.05) is 6.07 Å². The van der Waals surface area contributed by atoms with Crippen molar-refractivity contribution >= 4 is 17.5 Å². The van der Waals surface area contributed by atoms with Crippen molar-refractivity contribution in [1.82, 2.24) is 0 Å². The Kier molecular flexibility index (Phi) is 3.38. The number of fused-ring (bicyclic) bond motifs is 1. The number of rotatable bonds is 3. The van der Waals surface area contributed by atoms with E-state index in [0.717, 1.165) is 18.4 Å². The van der Waals surface area contributed by atoms with E-state index < -0.39 is 0 Å². The van der Waals surface area contributed by atoms with Crippen LogP contribution in [0, 0.1) is 11.8 Å². The minimum Gasteiger partial charge on any atom is -0.294 e. The van der Waals surface area contributed by atoms with Gasteiger partial charge in [-0.2, -0.15) is 0 Å². The summed E-state index contributed by atoms with van der Waals surface area (Å²) in [4.78, 5) is 13.4. The van der Waals surface area contributed by atoms with Crippen molar-refractivity contribution in [3.63, 3.8) is 0 Å². The normalized spacial score (nSPS) is 19.2. The molecule has 2 rings (SSSR count). The smallest absolute Gasteiger partial charge is 0.166 e. The van der Waals surface area contributed by atoms with Crippen molar-refractivity contribution in [3.05, 3.63) is 29.3 Å². The third-order valence-electron chi connectivity index (χ3n) is 3.17. The summed E-state index contributed by atoms with van der Waals surface area (Å²) in [5.74, 6) is 1.19. The number of hydrogen-bond donors (Lipinski definition) is 0. The topological polar surface area (TPSA) is 17.1 Å². The number of ketones is 1. The fourth-order valence-electron chi connectivity index (χ4n) is 2.44. The van der Waals surface area contributed by atoms with E-state index in [2.05, 4.69) is 32.2 Å². The van der Waals surface area contributed by atoms with Crippen LogP contribution in [0.15, 0.2) is 23.1 Å². The van der Waals surface area contributed by atoms with E-state index in [-0.39, 0.29) is 5.92 Å². The molecule has 1 nitrogen and oxygen atoms in total. The summed E-state index contributed by atoms with van der Waals surface area (Å²) < 4.78 is 0. The van der Waals surface area contributed by atoms with Crippen LogP contribution >= 0.6 is 11.8 Å². The highest BCUT2D eigenvalue weighted by Gasteiger charge is 2.30. The summed E-state index contributed by atoms with van der Waals surface area (Å²) in [6.45, 7) is 4.37. The summed E-state index contributed by atoms with van der Waals surface area (Å²) in [6.07, 6.45) is 4.03. The summed E-state index contributed by atoms with van der Waals surface area (Å²) in [7, 11) is 0. The Morgan fingerprint density at radius 1 is 1.44 bits per heavy atom. The van der Waals surface area contributed by atoms with Crippen LogP contribution in [0.5, 0.6) is 0 Å². The molecule has 1 aliphatic rings. The average molecular weight is 234 g/mol. The van der Waals surface area contributed by atoms with Gasteiger partial charge in [-0.05, 0) is 42.7 Å². The molecular weight excluding hydrogens is 216 g/mol. The minimum atomic E-state index is 0.229. The van der Waals surface area contributed by atoms with Gasteiger partial charge in [0.05, 0.1) is 0 Å². The number of carbonyl (C=O) groups is 1. The molecule has 0 spiro atoms. The fraction of sp³-hybridized carbons (Fsp3) is 0.500. The van der Waals surface area contributed by atoms with Gasteiger partial charge in [0.15, 0.2) is 5.78 Å². The summed E-state index contributed by atoms with van der Waals surface area (Å²) in [5.41, 5.74) is 2.21. The Morgan fingerprint density at radius 2 is 2.19 bits per heavy atom. The third-order valence-corrected chi connectivity index (χ3v) is 3.90. The predicted molar refractivity (Wildman–Crippen MR) is 69.2 cm³/mol. The molecular formula is C14H18OS. The molecule has 2 heteroatoms. The second kappa shape index (κ2) is 4.62. The Morgan fingerprint density at radius 3 is 2.81 bits per heavy atom. The maximum absolute atomic E-state index is 12.1. The van der Waals surface area contributed by atoms with Crippen LogP contribution in [-0.2, 0) is 6.42 Å². The van der Waals surface area contributed by atoms with Crippen LogP contribution in [0.25, 0.3) is 0 Å². The van der Waals surface area contributed by atoms with Crippen LogP contribution in [-0.4, -0.2) is 12.0 Å². The molecule has 16 heavy (non-hydrogen) atoms. The Hall–Kier alpha value is -0.760. The molecule has 1 unspecified atom stereocenters. The van der Waals surface area contributed by atoms with E-state index in [1.54, 1.807) is 11.8 Å². The quantitative estimate of drug-likeness (QED) is 0.740. The molecule has 0 aromatic heterocycles. The summed E-state index contributed by atoms with van der Waals surface area (Å²) in [5, 5.41) is 0. The van der Waals surface area contributed by atoms with Gasteiger partial charge in [0.25, 0.3) is 0 Å². The molecule has 0 saturated carbocycles. The first kappa shape index (κ1) is 11.7. The fourth-order valence-corrected chi connectivity index (χ4v) is 2.91. The van der Waals surface area contributed by atoms with Crippen molar-refractivity contribution in [2.75, 3.05) is 6.26 Å². The maximum Gasteiger partial charge on any atom is 0.166 e. The van der Waals surface area contributed by atoms with E-state index >= 15 is 0 Å². The second-order valence-electron chi connectivity index (χ2n) is 4.92. The lowest BCUT2D eigenvalue weighted by Crippen LogP contribution is -2.11. The maximum atomic E-state index is 12.1. The predicted octanol–water partition coefficient (Wildman–Crippen LogP) is 3.81. The second-order valence-corrected chi connectivity index (χ2v) is 5.80. The number of carbonyl (C=O) groups excluding carboxylic acids is 1. The number of thioether (sulfide) groups is 1. The van der Waals surface area contributed by atoms with E-state index in [0.29, 0.717) is 11.7 Å². The molecule has 0 saturated heterocycles. The molecule has 0 amide bonds. The van der Waals surface area contributed by atoms with Crippen LogP contribution in [0.1, 0.15) is 36.2 Å². The SMILES string of the molecule is CSc1ccc2c(c1)CC(CC(C)C)C2=O. The lowest BCUT2D eigenvalue weighted by Gasteiger charge is -2.09. The molecule has 0 bridgehead atoms. The van der Waals surface area contributed by atoms with Crippen molar-refractivity contribution in [2.45, 2.75) is 31.6 Å².